The van der Waals surface area contributed by atoms with Crippen molar-refractivity contribution in [2.45, 2.75) is 25.6 Å². The van der Waals surface area contributed by atoms with E-state index in [9.17, 15) is 22.4 Å². The summed E-state index contributed by atoms with van der Waals surface area (Å²) in [6.07, 6.45) is -4.43. The smallest absolute Gasteiger partial charge is 0.314 e. The molecule has 0 bridgehead atoms. The van der Waals surface area contributed by atoms with Crippen LogP contribution in [0.25, 0.3) is 0 Å². The molecule has 1 amide bonds. The van der Waals surface area contributed by atoms with Crippen molar-refractivity contribution in [1.82, 2.24) is 4.98 Å². The zero-order valence-electron chi connectivity index (χ0n) is 17.4. The maximum absolute atomic E-state index is 13.5. The van der Waals surface area contributed by atoms with Crippen LogP contribution in [0.5, 0.6) is 0 Å². The number of amides is 1. The number of halogens is 5. The summed E-state index contributed by atoms with van der Waals surface area (Å²) in [5.41, 5.74) is -0.977. The first-order valence-corrected chi connectivity index (χ1v) is 9.38. The van der Waals surface area contributed by atoms with Gasteiger partial charge in [-0.3, -0.25) is 9.10 Å². The summed E-state index contributed by atoms with van der Waals surface area (Å²) in [6, 6.07) is 3.66. The Balaban J connectivity index is 2.01. The molecule has 0 aliphatic carbocycles. The molecule has 0 radical (unpaired) electrons. The molecule has 0 spiro atoms. The molecule has 0 unspecified atom stereocenters. The summed E-state index contributed by atoms with van der Waals surface area (Å²) >= 11 is 6.82. The van der Waals surface area contributed by atoms with Gasteiger partial charge in [-0.1, -0.05) is 11.6 Å². The zero-order valence-corrected chi connectivity index (χ0v) is 16.0. The van der Waals surface area contributed by atoms with Gasteiger partial charge in [0.25, 0.3) is 5.91 Å². The van der Waals surface area contributed by atoms with Crippen LogP contribution in [0.15, 0.2) is 30.3 Å². The van der Waals surface area contributed by atoms with E-state index in [1.165, 1.54) is 11.2 Å². The predicted octanol–water partition coefficient (Wildman–Crippen LogP) is 5.09. The molecule has 10 heteroatoms. The maximum atomic E-state index is 13.5. The normalized spacial score (nSPS) is 19.1. The van der Waals surface area contributed by atoms with E-state index >= 15 is 0 Å². The van der Waals surface area contributed by atoms with E-state index in [4.69, 9.17) is 15.7 Å². The molecule has 1 aromatic heterocycles. The third-order valence-corrected chi connectivity index (χ3v) is 5.49. The van der Waals surface area contributed by atoms with Crippen molar-refractivity contribution in [1.29, 1.82) is 0 Å². The summed E-state index contributed by atoms with van der Waals surface area (Å²) in [4.78, 5) is 17.9. The minimum atomic E-state index is -4.61. The fourth-order valence-corrected chi connectivity index (χ4v) is 4.05. The van der Waals surface area contributed by atoms with Crippen LogP contribution in [0.3, 0.4) is 0 Å². The Morgan fingerprint density at radius 3 is 2.79 bits per heavy atom. The first kappa shape index (κ1) is 16.9. The third kappa shape index (κ3) is 4.20. The highest BCUT2D eigenvalue weighted by molar-refractivity contribution is 8.01. The van der Waals surface area contributed by atoms with Crippen LogP contribution in [0.2, 0.25) is 5.02 Å². The molecule has 1 saturated heterocycles. The number of nitrogens with zero attached hydrogens (tertiary/aromatic N) is 3. The molecular formula is C18H16ClF4N3OS. The minimum absolute atomic E-state index is 0.0986. The van der Waals surface area contributed by atoms with Gasteiger partial charge in [0.15, 0.2) is 0 Å². The largest absolute Gasteiger partial charge is 0.416 e. The highest BCUT2D eigenvalue weighted by atomic mass is 35.5. The maximum Gasteiger partial charge on any atom is 0.416 e. The van der Waals surface area contributed by atoms with E-state index in [0.29, 0.717) is 10.7 Å². The Morgan fingerprint density at radius 1 is 1.39 bits per heavy atom. The number of alkyl halides is 3. The molecule has 0 N–H and O–H groups in total. The van der Waals surface area contributed by atoms with Gasteiger partial charge >= 0.3 is 6.18 Å². The van der Waals surface area contributed by atoms with Crippen LogP contribution in [0.1, 0.15) is 21.8 Å². The van der Waals surface area contributed by atoms with Gasteiger partial charge in [-0.05, 0) is 55.6 Å². The van der Waals surface area contributed by atoms with Crippen molar-refractivity contribution >= 4 is 41.0 Å². The van der Waals surface area contributed by atoms with Gasteiger partial charge in [0.1, 0.15) is 17.7 Å². The molecule has 0 saturated carbocycles. The number of anilines is 2. The molecule has 4 nitrogen and oxygen atoms in total. The Labute approximate surface area is 172 Å². The number of carbonyl (C=O) groups excluding carboxylic acids is 1. The summed E-state index contributed by atoms with van der Waals surface area (Å²) in [5, 5.41) is -0.368. The first-order valence-electron chi connectivity index (χ1n) is 9.56. The third-order valence-electron chi connectivity index (χ3n) is 4.06. The quantitative estimate of drug-likeness (QED) is 0.496. The van der Waals surface area contributed by atoms with Gasteiger partial charge in [0, 0.05) is 28.2 Å². The van der Waals surface area contributed by atoms with E-state index < -0.39 is 36.5 Å². The van der Waals surface area contributed by atoms with Crippen LogP contribution in [-0.2, 0) is 11.0 Å². The molecule has 1 aromatic carbocycles. The molecule has 2 heterocycles. The summed E-state index contributed by atoms with van der Waals surface area (Å²) in [6.45, 7) is -1.54. The number of carbonyl (C=O) groups is 1. The summed E-state index contributed by atoms with van der Waals surface area (Å²) in [7, 11) is 0. The lowest BCUT2D eigenvalue weighted by molar-refractivity contribution is -0.137. The van der Waals surface area contributed by atoms with Crippen LogP contribution in [-0.4, -0.2) is 29.7 Å². The van der Waals surface area contributed by atoms with Gasteiger partial charge in [-0.15, -0.1) is 0 Å². The lowest BCUT2D eigenvalue weighted by Gasteiger charge is -2.28. The SMILES string of the molecule is [2H]C([2H])([2H])N(C(=O)[C@H]1CCSN1c1cc(C(F)(F)F)cc(C)n1)c1ccc(F)c(Cl)c1. The molecule has 1 fully saturated rings. The number of aryl methyl sites for hydroxylation is 1. The van der Waals surface area contributed by atoms with Crippen molar-refractivity contribution in [2.24, 2.45) is 0 Å². The van der Waals surface area contributed by atoms with Crippen molar-refractivity contribution in [3.63, 3.8) is 0 Å². The van der Waals surface area contributed by atoms with Gasteiger partial charge in [-0.2, -0.15) is 13.2 Å². The van der Waals surface area contributed by atoms with Crippen LogP contribution < -0.4 is 9.21 Å². The molecular weight excluding hydrogens is 418 g/mol. The van der Waals surface area contributed by atoms with Gasteiger partial charge < -0.3 is 4.90 Å². The number of likely N-dealkylation sites (N-methyl/N-ethyl adjacent to an activating group) is 1. The highest BCUT2D eigenvalue weighted by Crippen LogP contribution is 2.37. The lowest BCUT2D eigenvalue weighted by Crippen LogP contribution is -2.43. The Hall–Kier alpha value is -2.00. The number of rotatable bonds is 3. The van der Waals surface area contributed by atoms with Crippen molar-refractivity contribution in [3.8, 4) is 0 Å². The second-order valence-corrected chi connectivity index (χ2v) is 7.56. The zero-order chi connectivity index (χ0) is 23.1. The van der Waals surface area contributed by atoms with Crippen LogP contribution in [0.4, 0.5) is 29.1 Å². The standard InChI is InChI=1S/C18H16ClF4N3OS/c1-10-7-11(18(21,22)23)8-16(24-10)26-15(5-6-28-26)17(27)25(2)12-3-4-14(20)13(19)9-12/h3-4,7-9,15H,5-6H2,1-2H3/t15-/m1/s1/i2D3. The van der Waals surface area contributed by atoms with E-state index in [1.54, 1.807) is 0 Å². The number of pyridine rings is 1. The van der Waals surface area contributed by atoms with Crippen LogP contribution in [0, 0.1) is 12.7 Å². The highest BCUT2D eigenvalue weighted by Gasteiger charge is 2.37. The summed E-state index contributed by atoms with van der Waals surface area (Å²) < 4.78 is 77.8. The molecule has 1 aliphatic heterocycles. The van der Waals surface area contributed by atoms with E-state index in [-0.39, 0.29) is 28.6 Å². The number of hydrogen-bond acceptors (Lipinski definition) is 4. The van der Waals surface area contributed by atoms with Crippen molar-refractivity contribution in [3.05, 3.63) is 52.4 Å². The molecule has 1 aliphatic rings. The Morgan fingerprint density at radius 2 is 2.14 bits per heavy atom. The number of aromatic nitrogens is 1. The minimum Gasteiger partial charge on any atom is -0.314 e. The topological polar surface area (TPSA) is 36.4 Å². The Kier molecular flexibility index (Phi) is 4.70. The van der Waals surface area contributed by atoms with Gasteiger partial charge in [-0.25, -0.2) is 9.37 Å². The fraction of sp³-hybridized carbons (Fsp3) is 0.333. The van der Waals surface area contributed by atoms with Crippen molar-refractivity contribution in [2.75, 3.05) is 21.9 Å². The average molecular weight is 437 g/mol. The summed E-state index contributed by atoms with van der Waals surface area (Å²) in [5.74, 6) is -1.41. The van der Waals surface area contributed by atoms with Crippen LogP contribution >= 0.6 is 23.5 Å². The van der Waals surface area contributed by atoms with E-state index in [0.717, 1.165) is 42.3 Å². The number of hydrogen-bond donors (Lipinski definition) is 0. The monoisotopic (exact) mass is 436 g/mol. The van der Waals surface area contributed by atoms with Crippen molar-refractivity contribution < 1.29 is 26.5 Å². The second-order valence-electron chi connectivity index (χ2n) is 6.09. The molecule has 150 valence electrons. The second kappa shape index (κ2) is 7.79. The average Bonchev–Trinajstić information content (AvgIpc) is 3.12. The fourth-order valence-electron chi connectivity index (χ4n) is 2.75. The molecule has 2 aromatic rings. The predicted molar refractivity (Wildman–Crippen MR) is 102 cm³/mol. The van der Waals surface area contributed by atoms with Gasteiger partial charge in [0.05, 0.1) is 10.6 Å². The lowest BCUT2D eigenvalue weighted by atomic mass is 10.1. The Bertz CT molecular complexity index is 1010. The first-order chi connectivity index (χ1) is 14.3. The van der Waals surface area contributed by atoms with Gasteiger partial charge in [0.2, 0.25) is 0 Å². The van der Waals surface area contributed by atoms with E-state index in [1.807, 2.05) is 0 Å². The molecule has 1 atom stereocenters. The van der Waals surface area contributed by atoms with E-state index in [2.05, 4.69) is 4.98 Å². The molecule has 28 heavy (non-hydrogen) atoms. The molecule has 3 rings (SSSR count). The number of benzene rings is 1.